The van der Waals surface area contributed by atoms with Gasteiger partial charge in [-0.3, -0.25) is 5.10 Å². The molecule has 2 fully saturated rings. The van der Waals surface area contributed by atoms with Crippen LogP contribution in [0.15, 0.2) is 12.3 Å². The van der Waals surface area contributed by atoms with Crippen LogP contribution in [0, 0.1) is 6.92 Å². The van der Waals surface area contributed by atoms with Gasteiger partial charge in [0.1, 0.15) is 5.82 Å². The molecule has 7 nitrogen and oxygen atoms in total. The number of anilines is 2. The maximum absolute atomic E-state index is 6.00. The van der Waals surface area contributed by atoms with E-state index in [-0.39, 0.29) is 24.8 Å². The van der Waals surface area contributed by atoms with Gasteiger partial charge in [-0.05, 0) is 32.6 Å². The lowest BCUT2D eigenvalue weighted by atomic mass is 9.78. The Bertz CT molecular complexity index is 739. The van der Waals surface area contributed by atoms with E-state index in [4.69, 9.17) is 15.7 Å². The number of aryl methyl sites for hydroxylation is 1. The highest BCUT2D eigenvalue weighted by Gasteiger charge is 2.30. The van der Waals surface area contributed by atoms with Crippen molar-refractivity contribution in [2.45, 2.75) is 51.1 Å². The van der Waals surface area contributed by atoms with Crippen molar-refractivity contribution in [3.8, 4) is 0 Å². The number of aromatic nitrogens is 4. The molecule has 2 aromatic heterocycles. The number of H-pyrrole nitrogens is 1. The van der Waals surface area contributed by atoms with Crippen LogP contribution in [0.5, 0.6) is 0 Å². The molecule has 1 saturated heterocycles. The van der Waals surface area contributed by atoms with Crippen molar-refractivity contribution in [3.05, 3.63) is 29.2 Å². The Morgan fingerprint density at radius 1 is 1.22 bits per heavy atom. The molecule has 0 amide bonds. The second-order valence-corrected chi connectivity index (χ2v) is 7.45. The molecule has 1 saturated carbocycles. The second-order valence-electron chi connectivity index (χ2n) is 7.45. The van der Waals surface area contributed by atoms with Gasteiger partial charge in [-0.15, -0.1) is 24.8 Å². The van der Waals surface area contributed by atoms with E-state index in [0.29, 0.717) is 12.0 Å². The normalized spacial score (nSPS) is 21.2. The molecule has 2 aromatic rings. The summed E-state index contributed by atoms with van der Waals surface area (Å²) < 4.78 is 0. The van der Waals surface area contributed by atoms with Gasteiger partial charge in [0.2, 0.25) is 5.95 Å². The minimum Gasteiger partial charge on any atom is -0.355 e. The van der Waals surface area contributed by atoms with Crippen molar-refractivity contribution in [2.24, 2.45) is 5.73 Å². The maximum atomic E-state index is 6.00. The summed E-state index contributed by atoms with van der Waals surface area (Å²) in [6.07, 6.45) is 6.39. The van der Waals surface area contributed by atoms with Gasteiger partial charge in [-0.25, -0.2) is 4.98 Å². The van der Waals surface area contributed by atoms with Gasteiger partial charge < -0.3 is 15.5 Å². The fraction of sp³-hybridized carbons (Fsp3) is 0.611. The van der Waals surface area contributed by atoms with Crippen LogP contribution < -0.4 is 15.5 Å². The zero-order valence-corrected chi connectivity index (χ0v) is 17.5. The Balaban J connectivity index is 0.00000131. The standard InChI is InChI=1S/C18H27N7.2ClH/c1-12-14(10-20-23-12)11-24(2)17-9-16(13-7-15(19)8-13)21-18(22-17)25-5-3-4-6-25;;/h9-10,13,15H,3-8,11,19H2,1-2H3,(H,20,23);2*1H. The molecule has 1 aliphatic carbocycles. The molecular formula is C18H29Cl2N7. The number of nitrogens with zero attached hydrogens (tertiary/aromatic N) is 5. The highest BCUT2D eigenvalue weighted by Crippen LogP contribution is 2.36. The first-order chi connectivity index (χ1) is 12.1. The van der Waals surface area contributed by atoms with Gasteiger partial charge in [0.05, 0.1) is 11.9 Å². The first-order valence-corrected chi connectivity index (χ1v) is 9.19. The van der Waals surface area contributed by atoms with Crippen LogP contribution in [0.4, 0.5) is 11.8 Å². The van der Waals surface area contributed by atoms with Gasteiger partial charge in [0.25, 0.3) is 0 Å². The molecule has 0 atom stereocenters. The molecule has 1 aliphatic heterocycles. The Morgan fingerprint density at radius 3 is 2.52 bits per heavy atom. The molecular weight excluding hydrogens is 385 g/mol. The van der Waals surface area contributed by atoms with Gasteiger partial charge in [0.15, 0.2) is 0 Å². The molecule has 0 bridgehead atoms. The third kappa shape index (κ3) is 4.65. The van der Waals surface area contributed by atoms with Crippen LogP contribution in [0.3, 0.4) is 0 Å². The van der Waals surface area contributed by atoms with Crippen LogP contribution in [-0.4, -0.2) is 46.3 Å². The van der Waals surface area contributed by atoms with E-state index < -0.39 is 0 Å². The third-order valence-corrected chi connectivity index (χ3v) is 5.44. The van der Waals surface area contributed by atoms with Crippen LogP contribution in [-0.2, 0) is 6.54 Å². The molecule has 0 unspecified atom stereocenters. The summed E-state index contributed by atoms with van der Waals surface area (Å²) in [5.74, 6) is 2.33. The molecule has 9 heteroatoms. The Labute approximate surface area is 172 Å². The maximum Gasteiger partial charge on any atom is 0.227 e. The van der Waals surface area contributed by atoms with Crippen molar-refractivity contribution in [2.75, 3.05) is 29.9 Å². The third-order valence-electron chi connectivity index (χ3n) is 5.44. The van der Waals surface area contributed by atoms with Crippen molar-refractivity contribution in [3.63, 3.8) is 0 Å². The number of halogens is 2. The lowest BCUT2D eigenvalue weighted by Crippen LogP contribution is -2.35. The Hall–Kier alpha value is -1.57. The summed E-state index contributed by atoms with van der Waals surface area (Å²) in [5.41, 5.74) is 9.43. The number of nitrogens with one attached hydrogen (secondary N) is 1. The first-order valence-electron chi connectivity index (χ1n) is 9.19. The van der Waals surface area contributed by atoms with Crippen LogP contribution in [0.25, 0.3) is 0 Å². The molecule has 0 spiro atoms. The zero-order chi connectivity index (χ0) is 17.4. The van der Waals surface area contributed by atoms with Crippen LogP contribution in [0.1, 0.15) is 48.6 Å². The molecule has 4 rings (SSSR count). The van der Waals surface area contributed by atoms with E-state index >= 15 is 0 Å². The van der Waals surface area contributed by atoms with E-state index in [0.717, 1.165) is 55.6 Å². The molecule has 150 valence electrons. The number of hydrogen-bond acceptors (Lipinski definition) is 6. The van der Waals surface area contributed by atoms with E-state index in [2.05, 4.69) is 33.1 Å². The highest BCUT2D eigenvalue weighted by molar-refractivity contribution is 5.85. The average Bonchev–Trinajstić information content (AvgIpc) is 3.24. The monoisotopic (exact) mass is 413 g/mol. The summed E-state index contributed by atoms with van der Waals surface area (Å²) in [6, 6.07) is 2.47. The topological polar surface area (TPSA) is 87.0 Å². The largest absolute Gasteiger partial charge is 0.355 e. The quantitative estimate of drug-likeness (QED) is 0.783. The van der Waals surface area contributed by atoms with Crippen LogP contribution >= 0.6 is 24.8 Å². The predicted octanol–water partition coefficient (Wildman–Crippen LogP) is 2.79. The number of nitrogens with two attached hydrogens (primary N) is 1. The molecule has 2 aliphatic rings. The Kier molecular flexibility index (Phi) is 7.31. The van der Waals surface area contributed by atoms with Gasteiger partial charge in [-0.1, -0.05) is 0 Å². The summed E-state index contributed by atoms with van der Waals surface area (Å²) >= 11 is 0. The minimum absolute atomic E-state index is 0. The van der Waals surface area contributed by atoms with Crippen molar-refractivity contribution in [1.82, 2.24) is 20.2 Å². The van der Waals surface area contributed by atoms with E-state index in [1.807, 2.05) is 13.1 Å². The van der Waals surface area contributed by atoms with Gasteiger partial charge in [0, 0.05) is 56.0 Å². The molecule has 3 heterocycles. The Morgan fingerprint density at radius 2 is 1.93 bits per heavy atom. The van der Waals surface area contributed by atoms with E-state index in [9.17, 15) is 0 Å². The minimum atomic E-state index is 0. The number of hydrogen-bond donors (Lipinski definition) is 2. The summed E-state index contributed by atoms with van der Waals surface area (Å²) in [6.45, 7) is 4.94. The molecule has 0 radical (unpaired) electrons. The van der Waals surface area contributed by atoms with Gasteiger partial charge in [-0.2, -0.15) is 10.1 Å². The molecule has 27 heavy (non-hydrogen) atoms. The van der Waals surface area contributed by atoms with Crippen molar-refractivity contribution >= 4 is 36.6 Å². The number of rotatable bonds is 5. The summed E-state index contributed by atoms with van der Waals surface area (Å²) in [4.78, 5) is 14.2. The van der Waals surface area contributed by atoms with Gasteiger partial charge >= 0.3 is 0 Å². The average molecular weight is 414 g/mol. The zero-order valence-electron chi connectivity index (χ0n) is 15.9. The lowest BCUT2D eigenvalue weighted by molar-refractivity contribution is 0.345. The fourth-order valence-corrected chi connectivity index (χ4v) is 3.68. The molecule has 0 aromatic carbocycles. The van der Waals surface area contributed by atoms with E-state index in [1.54, 1.807) is 0 Å². The number of aromatic amines is 1. The lowest BCUT2D eigenvalue weighted by Gasteiger charge is -2.33. The first kappa shape index (κ1) is 21.7. The fourth-order valence-electron chi connectivity index (χ4n) is 3.68. The van der Waals surface area contributed by atoms with Crippen molar-refractivity contribution < 1.29 is 0 Å². The van der Waals surface area contributed by atoms with Crippen molar-refractivity contribution in [1.29, 1.82) is 0 Å². The van der Waals surface area contributed by atoms with Crippen LogP contribution in [0.2, 0.25) is 0 Å². The van der Waals surface area contributed by atoms with E-state index in [1.165, 1.54) is 18.4 Å². The smallest absolute Gasteiger partial charge is 0.227 e. The SMILES string of the molecule is Cc1[nH]ncc1CN(C)c1cc(C2CC(N)C2)nc(N2CCCC2)n1.Cl.Cl. The predicted molar refractivity (Wildman–Crippen MR) is 113 cm³/mol. The summed E-state index contributed by atoms with van der Waals surface area (Å²) in [5, 5.41) is 7.12. The summed E-state index contributed by atoms with van der Waals surface area (Å²) in [7, 11) is 2.08. The second kappa shape index (κ2) is 9.08. The molecule has 3 N–H and O–H groups in total. The highest BCUT2D eigenvalue weighted by atomic mass is 35.5.